The maximum absolute atomic E-state index is 5.56. The molecule has 1 atom stereocenters. The number of ether oxygens (including phenoxy) is 2. The van der Waals surface area contributed by atoms with Crippen LogP contribution in [0.2, 0.25) is 0 Å². The summed E-state index contributed by atoms with van der Waals surface area (Å²) < 4.78 is 11.0. The van der Waals surface area contributed by atoms with Gasteiger partial charge in [-0.25, -0.2) is 0 Å². The maximum Gasteiger partial charge on any atom is 0.164 e. The van der Waals surface area contributed by atoms with Gasteiger partial charge in [0.1, 0.15) is 5.84 Å². The van der Waals surface area contributed by atoms with Crippen LogP contribution in [0.15, 0.2) is 47.1 Å². The number of allylic oxidation sites excluding steroid dienone is 2. The van der Waals surface area contributed by atoms with E-state index in [-0.39, 0.29) is 0 Å². The molecule has 0 amide bonds. The van der Waals surface area contributed by atoms with Crippen LogP contribution in [-0.2, 0) is 0 Å². The molecule has 0 saturated carbocycles. The number of nitrogens with zero attached hydrogens (tertiary/aromatic N) is 2. The van der Waals surface area contributed by atoms with E-state index in [9.17, 15) is 0 Å². The zero-order valence-corrected chi connectivity index (χ0v) is 12.7. The molecule has 2 heterocycles. The molecule has 2 aliphatic rings. The van der Waals surface area contributed by atoms with Gasteiger partial charge in [0, 0.05) is 24.2 Å². The van der Waals surface area contributed by atoms with Crippen molar-refractivity contribution in [1.29, 1.82) is 0 Å². The highest BCUT2D eigenvalue weighted by Crippen LogP contribution is 2.37. The molecule has 3 rings (SSSR count). The summed E-state index contributed by atoms with van der Waals surface area (Å²) in [7, 11) is 3.35. The molecule has 1 aromatic carbocycles. The van der Waals surface area contributed by atoms with Crippen molar-refractivity contribution in [3.63, 3.8) is 0 Å². The van der Waals surface area contributed by atoms with Gasteiger partial charge in [0.15, 0.2) is 11.5 Å². The molecule has 0 aromatic heterocycles. The van der Waals surface area contributed by atoms with E-state index < -0.39 is 0 Å². The quantitative estimate of drug-likeness (QED) is 0.855. The van der Waals surface area contributed by atoms with Crippen LogP contribution in [0.4, 0.5) is 0 Å². The van der Waals surface area contributed by atoms with Gasteiger partial charge in [-0.1, -0.05) is 18.2 Å². The first-order valence-electron chi connectivity index (χ1n) is 7.12. The fraction of sp³-hybridized carbons (Fsp3) is 0.353. The molecular formula is C17H20N2O2. The number of rotatable bonds is 3. The molecule has 110 valence electrons. The Hall–Kier alpha value is -2.23. The summed E-state index contributed by atoms with van der Waals surface area (Å²) in [6, 6.07) is 6.03. The fourth-order valence-corrected chi connectivity index (χ4v) is 2.95. The average Bonchev–Trinajstić information content (AvgIpc) is 2.53. The second-order valence-electron chi connectivity index (χ2n) is 5.29. The topological polar surface area (TPSA) is 34.1 Å². The SMILES string of the molecule is COc1cccc(C2CN=C3C(C)=CC=CN3C2)c1OC. The van der Waals surface area contributed by atoms with E-state index >= 15 is 0 Å². The predicted molar refractivity (Wildman–Crippen MR) is 84.2 cm³/mol. The van der Waals surface area contributed by atoms with Crippen molar-refractivity contribution in [3.8, 4) is 11.5 Å². The highest BCUT2D eigenvalue weighted by molar-refractivity contribution is 6.00. The number of benzene rings is 1. The van der Waals surface area contributed by atoms with E-state index in [1.54, 1.807) is 14.2 Å². The van der Waals surface area contributed by atoms with E-state index in [0.717, 1.165) is 36.0 Å². The maximum atomic E-state index is 5.56. The first-order chi connectivity index (χ1) is 10.2. The standard InChI is InChI=1S/C17H20N2O2/c1-12-6-5-9-19-11-13(10-18-17(12)19)14-7-4-8-15(20-2)16(14)21-3/h4-9,13H,10-11H2,1-3H3. The summed E-state index contributed by atoms with van der Waals surface area (Å²) in [4.78, 5) is 6.96. The van der Waals surface area contributed by atoms with Gasteiger partial charge in [-0.05, 0) is 24.6 Å². The molecule has 0 saturated heterocycles. The number of hydrogen-bond acceptors (Lipinski definition) is 4. The normalized spacial score (nSPS) is 20.5. The van der Waals surface area contributed by atoms with Crippen molar-refractivity contribution in [2.45, 2.75) is 12.8 Å². The number of para-hydroxylation sites is 1. The first kappa shape index (κ1) is 13.7. The van der Waals surface area contributed by atoms with Crippen molar-refractivity contribution < 1.29 is 9.47 Å². The molecular weight excluding hydrogens is 264 g/mol. The van der Waals surface area contributed by atoms with Crippen LogP contribution < -0.4 is 9.47 Å². The smallest absolute Gasteiger partial charge is 0.164 e. The van der Waals surface area contributed by atoms with Crippen molar-refractivity contribution in [1.82, 2.24) is 4.90 Å². The second kappa shape index (κ2) is 5.64. The molecule has 0 bridgehead atoms. The Labute approximate surface area is 125 Å². The molecule has 21 heavy (non-hydrogen) atoms. The zero-order valence-electron chi connectivity index (χ0n) is 12.7. The van der Waals surface area contributed by atoms with Gasteiger partial charge in [0.2, 0.25) is 0 Å². The lowest BCUT2D eigenvalue weighted by Crippen LogP contribution is -2.37. The van der Waals surface area contributed by atoms with E-state index in [1.807, 2.05) is 12.1 Å². The molecule has 4 heteroatoms. The molecule has 0 radical (unpaired) electrons. The molecule has 0 spiro atoms. The van der Waals surface area contributed by atoms with Crippen molar-refractivity contribution in [2.75, 3.05) is 27.3 Å². The zero-order chi connectivity index (χ0) is 14.8. The van der Waals surface area contributed by atoms with Gasteiger partial charge < -0.3 is 14.4 Å². The first-order valence-corrected chi connectivity index (χ1v) is 7.12. The summed E-state index contributed by atoms with van der Waals surface area (Å²) in [5.74, 6) is 2.97. The van der Waals surface area contributed by atoms with Crippen LogP contribution in [0, 0.1) is 0 Å². The molecule has 1 aromatic rings. The largest absolute Gasteiger partial charge is 0.493 e. The van der Waals surface area contributed by atoms with Crippen molar-refractivity contribution in [2.24, 2.45) is 4.99 Å². The van der Waals surface area contributed by atoms with Gasteiger partial charge >= 0.3 is 0 Å². The van der Waals surface area contributed by atoms with E-state index in [4.69, 9.17) is 14.5 Å². The van der Waals surface area contributed by atoms with Gasteiger partial charge in [0.25, 0.3) is 0 Å². The summed E-state index contributed by atoms with van der Waals surface area (Å²) in [6.45, 7) is 3.78. The Balaban J connectivity index is 1.94. The summed E-state index contributed by atoms with van der Waals surface area (Å²) in [5.41, 5.74) is 2.37. The minimum Gasteiger partial charge on any atom is -0.493 e. The second-order valence-corrected chi connectivity index (χ2v) is 5.29. The van der Waals surface area contributed by atoms with Gasteiger partial charge in [-0.3, -0.25) is 4.99 Å². The van der Waals surface area contributed by atoms with Crippen LogP contribution in [0.5, 0.6) is 11.5 Å². The lowest BCUT2D eigenvalue weighted by Gasteiger charge is -2.34. The number of amidine groups is 1. The van der Waals surface area contributed by atoms with Crippen LogP contribution in [-0.4, -0.2) is 38.0 Å². The Morgan fingerprint density at radius 2 is 2.10 bits per heavy atom. The lowest BCUT2D eigenvalue weighted by atomic mass is 9.94. The number of aliphatic imine (C=N–C) groups is 1. The fourth-order valence-electron chi connectivity index (χ4n) is 2.95. The van der Waals surface area contributed by atoms with Crippen molar-refractivity contribution in [3.05, 3.63) is 47.7 Å². The minimum atomic E-state index is 0.300. The van der Waals surface area contributed by atoms with Crippen molar-refractivity contribution >= 4 is 5.84 Å². The van der Waals surface area contributed by atoms with Crippen LogP contribution >= 0.6 is 0 Å². The number of methoxy groups -OCH3 is 2. The minimum absolute atomic E-state index is 0.300. The average molecular weight is 284 g/mol. The number of fused-ring (bicyclic) bond motifs is 1. The summed E-state index contributed by atoms with van der Waals surface area (Å²) >= 11 is 0. The molecule has 0 N–H and O–H groups in total. The Kier molecular flexibility index (Phi) is 3.69. The summed E-state index contributed by atoms with van der Waals surface area (Å²) in [5, 5.41) is 0. The van der Waals surface area contributed by atoms with Gasteiger partial charge in [0.05, 0.1) is 20.8 Å². The lowest BCUT2D eigenvalue weighted by molar-refractivity contribution is 0.345. The molecule has 2 aliphatic heterocycles. The van der Waals surface area contributed by atoms with Gasteiger partial charge in [-0.15, -0.1) is 0 Å². The monoisotopic (exact) mass is 284 g/mol. The Morgan fingerprint density at radius 3 is 2.86 bits per heavy atom. The van der Waals surface area contributed by atoms with Crippen LogP contribution in [0.1, 0.15) is 18.4 Å². The highest BCUT2D eigenvalue weighted by atomic mass is 16.5. The third-order valence-electron chi connectivity index (χ3n) is 3.99. The van der Waals surface area contributed by atoms with Crippen LogP contribution in [0.25, 0.3) is 0 Å². The van der Waals surface area contributed by atoms with E-state index in [0.29, 0.717) is 5.92 Å². The van der Waals surface area contributed by atoms with Crippen LogP contribution in [0.3, 0.4) is 0 Å². The van der Waals surface area contributed by atoms with Gasteiger partial charge in [-0.2, -0.15) is 0 Å². The van der Waals surface area contributed by atoms with E-state index in [1.165, 1.54) is 5.57 Å². The Bertz CT molecular complexity index is 632. The molecule has 0 aliphatic carbocycles. The predicted octanol–water partition coefficient (Wildman–Crippen LogP) is 2.98. The third kappa shape index (κ3) is 2.42. The molecule has 1 unspecified atom stereocenters. The molecule has 4 nitrogen and oxygen atoms in total. The highest BCUT2D eigenvalue weighted by Gasteiger charge is 2.27. The summed E-state index contributed by atoms with van der Waals surface area (Å²) in [6.07, 6.45) is 6.26. The third-order valence-corrected chi connectivity index (χ3v) is 3.99. The Morgan fingerprint density at radius 1 is 1.24 bits per heavy atom. The number of hydrogen-bond donors (Lipinski definition) is 0. The van der Waals surface area contributed by atoms with E-state index in [2.05, 4.69) is 36.2 Å². The molecule has 0 fully saturated rings.